The van der Waals surface area contributed by atoms with Gasteiger partial charge in [-0.05, 0) is 125 Å². The van der Waals surface area contributed by atoms with Crippen LogP contribution in [0.1, 0.15) is 0 Å². The van der Waals surface area contributed by atoms with Crippen LogP contribution in [0.15, 0.2) is 159 Å². The van der Waals surface area contributed by atoms with Crippen LogP contribution < -0.4 is 0 Å². The number of aromatic nitrogens is 4. The van der Waals surface area contributed by atoms with E-state index in [0.29, 0.717) is 0 Å². The Morgan fingerprint density at radius 1 is 0.304 bits per heavy atom. The summed E-state index contributed by atoms with van der Waals surface area (Å²) in [6.07, 6.45) is 12.7. The lowest BCUT2D eigenvalue weighted by molar-refractivity contribution is 1.17. The Bertz CT molecular complexity index is 2430. The molecular weight excluding hydrogens is 560 g/mol. The summed E-state index contributed by atoms with van der Waals surface area (Å²) in [5, 5.41) is 7.59. The highest BCUT2D eigenvalue weighted by molar-refractivity contribution is 6.27. The van der Waals surface area contributed by atoms with Gasteiger partial charge in [-0.25, -0.2) is 9.97 Å². The largest absolute Gasteiger partial charge is 0.265 e. The fourth-order valence-corrected chi connectivity index (χ4v) is 6.80. The van der Waals surface area contributed by atoms with Gasteiger partial charge in [0.1, 0.15) is 6.33 Å². The lowest BCUT2D eigenvalue weighted by Crippen LogP contribution is -1.91. The number of pyridine rings is 2. The van der Waals surface area contributed by atoms with E-state index in [4.69, 9.17) is 0 Å². The smallest absolute Gasteiger partial charge is 0.115 e. The zero-order chi connectivity index (χ0) is 30.5. The van der Waals surface area contributed by atoms with E-state index in [1.165, 1.54) is 54.6 Å². The van der Waals surface area contributed by atoms with E-state index in [1.54, 1.807) is 6.33 Å². The molecule has 0 saturated heterocycles. The number of hydrogen-bond donors (Lipinski definition) is 0. The minimum absolute atomic E-state index is 1.01. The van der Waals surface area contributed by atoms with Crippen molar-refractivity contribution in [2.45, 2.75) is 0 Å². The second-order valence-electron chi connectivity index (χ2n) is 11.6. The first-order valence-electron chi connectivity index (χ1n) is 15.3. The summed E-state index contributed by atoms with van der Waals surface area (Å²) in [5.41, 5.74) is 11.5. The lowest BCUT2D eigenvalue weighted by Gasteiger charge is -2.18. The second-order valence-corrected chi connectivity index (χ2v) is 11.6. The molecule has 0 bridgehead atoms. The molecule has 0 fully saturated rings. The molecule has 4 heteroatoms. The quantitative estimate of drug-likeness (QED) is 0.188. The van der Waals surface area contributed by atoms with E-state index < -0.39 is 0 Å². The topological polar surface area (TPSA) is 51.6 Å². The minimum atomic E-state index is 1.01. The Morgan fingerprint density at radius 2 is 0.739 bits per heavy atom. The van der Waals surface area contributed by atoms with Crippen LogP contribution >= 0.6 is 0 Å². The Labute approximate surface area is 266 Å². The highest BCUT2D eigenvalue weighted by atomic mass is 14.8. The average molecular weight is 587 g/mol. The molecule has 0 N–H and O–H groups in total. The van der Waals surface area contributed by atoms with Crippen molar-refractivity contribution in [1.82, 2.24) is 19.9 Å². The predicted molar refractivity (Wildman–Crippen MR) is 189 cm³/mol. The SMILES string of the molecule is c1cc(-c2cc(-c3ccncc3)cc(-c3ccc4ccc5ccc(-c6ccc(-c7cncnc7)cc6)c6ccc3c4c56)c2)ccn1. The fourth-order valence-electron chi connectivity index (χ4n) is 6.80. The first kappa shape index (κ1) is 26.2. The summed E-state index contributed by atoms with van der Waals surface area (Å²) in [7, 11) is 0. The third-order valence-electron chi connectivity index (χ3n) is 9.03. The molecule has 0 aliphatic heterocycles. The molecule has 0 aliphatic carbocycles. The second kappa shape index (κ2) is 10.7. The van der Waals surface area contributed by atoms with Gasteiger partial charge in [-0.1, -0.05) is 72.8 Å². The Balaban J connectivity index is 1.24. The Hall–Kier alpha value is -6.26. The standard InChI is InChI=1S/C42H26N4/c1-3-30(4-2-27(1)36-24-45-26-46-25-36)37-9-7-31-5-6-32-8-10-38(40-12-11-39(37)41(31)42(32)40)35-22-33(28-13-17-43-18-14-28)21-34(23-35)29-15-19-44-20-16-29/h1-26H. The van der Waals surface area contributed by atoms with Crippen LogP contribution in [0.2, 0.25) is 0 Å². The van der Waals surface area contributed by atoms with Gasteiger partial charge in [0.05, 0.1) is 0 Å². The van der Waals surface area contributed by atoms with E-state index in [9.17, 15) is 0 Å². The number of benzene rings is 6. The van der Waals surface area contributed by atoms with Gasteiger partial charge in [-0.2, -0.15) is 0 Å². The van der Waals surface area contributed by atoms with Gasteiger partial charge in [0.2, 0.25) is 0 Å². The van der Waals surface area contributed by atoms with Crippen LogP contribution in [0.25, 0.3) is 88.0 Å². The summed E-state index contributed by atoms with van der Waals surface area (Å²) < 4.78 is 0. The van der Waals surface area contributed by atoms with E-state index in [2.05, 4.69) is 135 Å². The molecule has 3 heterocycles. The average Bonchev–Trinajstić information content (AvgIpc) is 3.14. The summed E-state index contributed by atoms with van der Waals surface area (Å²) in [5.74, 6) is 0. The highest BCUT2D eigenvalue weighted by Crippen LogP contribution is 2.43. The third-order valence-corrected chi connectivity index (χ3v) is 9.03. The van der Waals surface area contributed by atoms with Crippen molar-refractivity contribution in [2.75, 3.05) is 0 Å². The molecule has 4 nitrogen and oxygen atoms in total. The van der Waals surface area contributed by atoms with Crippen LogP contribution in [0, 0.1) is 0 Å². The van der Waals surface area contributed by atoms with E-state index in [-0.39, 0.29) is 0 Å². The molecule has 0 spiro atoms. The van der Waals surface area contributed by atoms with Crippen LogP contribution in [0.3, 0.4) is 0 Å². The maximum atomic E-state index is 4.25. The molecular formula is C42H26N4. The van der Waals surface area contributed by atoms with E-state index in [1.807, 2.05) is 37.2 Å². The van der Waals surface area contributed by atoms with Crippen LogP contribution in [-0.2, 0) is 0 Å². The summed E-state index contributed by atoms with van der Waals surface area (Å²) in [6, 6.07) is 42.0. The molecule has 0 atom stereocenters. The maximum Gasteiger partial charge on any atom is 0.115 e. The van der Waals surface area contributed by atoms with Crippen molar-refractivity contribution in [3.8, 4) is 55.6 Å². The summed E-state index contributed by atoms with van der Waals surface area (Å²) in [6.45, 7) is 0. The van der Waals surface area contributed by atoms with Crippen molar-refractivity contribution < 1.29 is 0 Å². The van der Waals surface area contributed by atoms with Crippen LogP contribution in [0.4, 0.5) is 0 Å². The molecule has 9 aromatic rings. The van der Waals surface area contributed by atoms with E-state index >= 15 is 0 Å². The van der Waals surface area contributed by atoms with Crippen molar-refractivity contribution >= 4 is 32.3 Å². The highest BCUT2D eigenvalue weighted by Gasteiger charge is 2.16. The van der Waals surface area contributed by atoms with Crippen molar-refractivity contribution in [1.29, 1.82) is 0 Å². The molecule has 6 aromatic carbocycles. The van der Waals surface area contributed by atoms with Gasteiger partial charge in [0, 0.05) is 42.7 Å². The van der Waals surface area contributed by atoms with Crippen LogP contribution in [0.5, 0.6) is 0 Å². The zero-order valence-corrected chi connectivity index (χ0v) is 24.8. The molecule has 9 rings (SSSR count). The summed E-state index contributed by atoms with van der Waals surface area (Å²) in [4.78, 5) is 16.9. The van der Waals surface area contributed by atoms with Gasteiger partial charge < -0.3 is 0 Å². The first-order valence-corrected chi connectivity index (χ1v) is 15.3. The third kappa shape index (κ3) is 4.39. The first-order chi connectivity index (χ1) is 22.8. The number of nitrogens with zero attached hydrogens (tertiary/aromatic N) is 4. The summed E-state index contributed by atoms with van der Waals surface area (Å²) >= 11 is 0. The molecule has 0 saturated carbocycles. The van der Waals surface area contributed by atoms with Gasteiger partial charge >= 0.3 is 0 Å². The maximum absolute atomic E-state index is 4.25. The minimum Gasteiger partial charge on any atom is -0.265 e. The van der Waals surface area contributed by atoms with Crippen molar-refractivity contribution in [2.24, 2.45) is 0 Å². The number of hydrogen-bond acceptors (Lipinski definition) is 4. The van der Waals surface area contributed by atoms with Gasteiger partial charge in [0.15, 0.2) is 0 Å². The predicted octanol–water partition coefficient (Wildman–Crippen LogP) is 10.5. The van der Waals surface area contributed by atoms with Gasteiger partial charge in [-0.3, -0.25) is 9.97 Å². The monoisotopic (exact) mass is 586 g/mol. The number of rotatable bonds is 5. The molecule has 3 aromatic heterocycles. The normalized spacial score (nSPS) is 11.5. The van der Waals surface area contributed by atoms with Crippen molar-refractivity contribution in [3.63, 3.8) is 0 Å². The lowest BCUT2D eigenvalue weighted by atomic mass is 9.86. The Morgan fingerprint density at radius 3 is 1.28 bits per heavy atom. The molecule has 0 unspecified atom stereocenters. The van der Waals surface area contributed by atoms with Gasteiger partial charge in [-0.15, -0.1) is 0 Å². The van der Waals surface area contributed by atoms with Gasteiger partial charge in [0.25, 0.3) is 0 Å². The molecule has 0 amide bonds. The van der Waals surface area contributed by atoms with Crippen molar-refractivity contribution in [3.05, 3.63) is 159 Å². The van der Waals surface area contributed by atoms with Crippen LogP contribution in [-0.4, -0.2) is 19.9 Å². The molecule has 0 radical (unpaired) electrons. The molecule has 0 aliphatic rings. The molecule has 46 heavy (non-hydrogen) atoms. The molecule has 214 valence electrons. The zero-order valence-electron chi connectivity index (χ0n) is 24.8. The Kier molecular flexibility index (Phi) is 6.10. The fraction of sp³-hybridized carbons (Fsp3) is 0. The van der Waals surface area contributed by atoms with E-state index in [0.717, 1.165) is 33.4 Å².